The number of allylic oxidation sites excluding steroid dienone is 5. The summed E-state index contributed by atoms with van der Waals surface area (Å²) in [5, 5.41) is 3.55. The zero-order valence-electron chi connectivity index (χ0n) is 15.2. The lowest BCUT2D eigenvalue weighted by molar-refractivity contribution is -0.125. The van der Waals surface area contributed by atoms with Gasteiger partial charge in [0, 0.05) is 12.0 Å². The summed E-state index contributed by atoms with van der Waals surface area (Å²) in [4.78, 5) is 20.1. The first-order valence-electron chi connectivity index (χ1n) is 9.71. The van der Waals surface area contributed by atoms with E-state index in [0.717, 1.165) is 43.6 Å². The van der Waals surface area contributed by atoms with Crippen molar-refractivity contribution in [1.82, 2.24) is 10.2 Å². The van der Waals surface area contributed by atoms with Gasteiger partial charge in [-0.1, -0.05) is 48.6 Å². The quantitative estimate of drug-likeness (QED) is 0.823. The van der Waals surface area contributed by atoms with Crippen molar-refractivity contribution in [2.75, 3.05) is 6.61 Å². The fourth-order valence-corrected chi connectivity index (χ4v) is 4.23. The van der Waals surface area contributed by atoms with Gasteiger partial charge in [-0.25, -0.2) is 4.99 Å². The molecule has 5 nitrogen and oxygen atoms in total. The maximum atomic E-state index is 13.3. The number of carbonyl (C=O) groups excluding carboxylic acids is 1. The number of fused-ring (bicyclic) bond motifs is 2. The van der Waals surface area contributed by atoms with E-state index in [2.05, 4.69) is 35.7 Å². The predicted octanol–water partition coefficient (Wildman–Crippen LogP) is 2.92. The molecule has 0 aromatic heterocycles. The number of amides is 1. The third-order valence-corrected chi connectivity index (χ3v) is 5.61. The van der Waals surface area contributed by atoms with Gasteiger partial charge in [-0.3, -0.25) is 9.69 Å². The van der Waals surface area contributed by atoms with E-state index in [9.17, 15) is 4.79 Å². The molecular weight excluding hydrogens is 338 g/mol. The summed E-state index contributed by atoms with van der Waals surface area (Å²) >= 11 is 0. The average molecular weight is 361 g/mol. The molecule has 27 heavy (non-hydrogen) atoms. The molecule has 1 N–H and O–H groups in total. The fraction of sp³-hybridized carbons (Fsp3) is 0.364. The molecule has 0 aromatic rings. The normalized spacial score (nSPS) is 31.3. The van der Waals surface area contributed by atoms with Crippen molar-refractivity contribution in [3.8, 4) is 0 Å². The molecule has 0 saturated carbocycles. The van der Waals surface area contributed by atoms with E-state index in [4.69, 9.17) is 9.73 Å². The van der Waals surface area contributed by atoms with E-state index >= 15 is 0 Å². The highest BCUT2D eigenvalue weighted by Crippen LogP contribution is 2.30. The van der Waals surface area contributed by atoms with Crippen LogP contribution >= 0.6 is 0 Å². The third-order valence-electron chi connectivity index (χ3n) is 5.61. The van der Waals surface area contributed by atoms with Crippen LogP contribution in [0.1, 0.15) is 25.7 Å². The Bertz CT molecular complexity index is 872. The van der Waals surface area contributed by atoms with Crippen LogP contribution in [0.25, 0.3) is 0 Å². The summed E-state index contributed by atoms with van der Waals surface area (Å²) in [6.07, 6.45) is 21.9. The summed E-state index contributed by atoms with van der Waals surface area (Å²) in [7, 11) is 0. The Labute approximate surface area is 159 Å². The van der Waals surface area contributed by atoms with Crippen molar-refractivity contribution in [2.24, 2.45) is 4.99 Å². The number of carbonyl (C=O) groups is 1. The minimum Gasteiger partial charge on any atom is -0.493 e. The van der Waals surface area contributed by atoms with E-state index in [1.807, 2.05) is 29.2 Å². The van der Waals surface area contributed by atoms with Crippen molar-refractivity contribution in [1.29, 1.82) is 0 Å². The van der Waals surface area contributed by atoms with Gasteiger partial charge in [0.15, 0.2) is 0 Å². The fourth-order valence-electron chi connectivity index (χ4n) is 4.23. The number of guanidine groups is 1. The van der Waals surface area contributed by atoms with E-state index < -0.39 is 0 Å². The monoisotopic (exact) mass is 361 g/mol. The molecule has 2 aliphatic heterocycles. The zero-order valence-corrected chi connectivity index (χ0v) is 15.2. The molecule has 0 radical (unpaired) electrons. The Morgan fingerprint density at radius 3 is 2.96 bits per heavy atom. The van der Waals surface area contributed by atoms with Gasteiger partial charge in [0.2, 0.25) is 5.96 Å². The Balaban J connectivity index is 1.45. The molecule has 5 rings (SSSR count). The summed E-state index contributed by atoms with van der Waals surface area (Å²) in [5.74, 6) is 1.78. The van der Waals surface area contributed by atoms with Crippen LogP contribution in [-0.4, -0.2) is 41.5 Å². The van der Waals surface area contributed by atoms with Crippen molar-refractivity contribution >= 4 is 11.9 Å². The van der Waals surface area contributed by atoms with E-state index in [1.54, 1.807) is 0 Å². The summed E-state index contributed by atoms with van der Waals surface area (Å²) in [6.45, 7) is 0.762. The van der Waals surface area contributed by atoms with Crippen LogP contribution in [0.3, 0.4) is 0 Å². The van der Waals surface area contributed by atoms with Gasteiger partial charge in [-0.2, -0.15) is 0 Å². The summed E-state index contributed by atoms with van der Waals surface area (Å²) in [5.41, 5.74) is 2.05. The highest BCUT2D eigenvalue weighted by atomic mass is 16.5. The Morgan fingerprint density at radius 2 is 2.07 bits per heavy atom. The second-order valence-corrected chi connectivity index (χ2v) is 7.39. The average Bonchev–Trinajstić information content (AvgIpc) is 3.17. The van der Waals surface area contributed by atoms with E-state index in [-0.39, 0.29) is 24.0 Å². The lowest BCUT2D eigenvalue weighted by Gasteiger charge is -2.38. The zero-order chi connectivity index (χ0) is 18.2. The molecule has 138 valence electrons. The van der Waals surface area contributed by atoms with Gasteiger partial charge in [0.1, 0.15) is 5.76 Å². The Kier molecular flexibility index (Phi) is 4.07. The number of nitrogens with one attached hydrogen (secondary N) is 1. The summed E-state index contributed by atoms with van der Waals surface area (Å²) in [6, 6.07) is 0.0486. The van der Waals surface area contributed by atoms with Crippen LogP contribution < -0.4 is 5.32 Å². The number of hydrogen-bond acceptors (Lipinski definition) is 4. The lowest BCUT2D eigenvalue weighted by atomic mass is 9.94. The van der Waals surface area contributed by atoms with Crippen LogP contribution in [-0.2, 0) is 9.53 Å². The molecule has 2 heterocycles. The topological polar surface area (TPSA) is 53.9 Å². The Hall–Kier alpha value is -2.82. The number of ether oxygens (including phenoxy) is 1. The van der Waals surface area contributed by atoms with Gasteiger partial charge in [0.05, 0.1) is 24.7 Å². The highest BCUT2D eigenvalue weighted by Gasteiger charge is 2.38. The molecule has 1 fully saturated rings. The first kappa shape index (κ1) is 16.4. The first-order valence-corrected chi connectivity index (χ1v) is 9.71. The SMILES string of the molecule is O=C1C2=CC=CCC2N=C(NC2C=C3CCOC3=CC2)N1C1C=CC=CC1. The number of hydrogen-bond donors (Lipinski definition) is 1. The molecule has 3 atom stereocenters. The third kappa shape index (κ3) is 2.97. The van der Waals surface area contributed by atoms with Crippen molar-refractivity contribution < 1.29 is 9.53 Å². The van der Waals surface area contributed by atoms with Gasteiger partial charge in [-0.05, 0) is 30.9 Å². The van der Waals surface area contributed by atoms with Crippen LogP contribution in [0.4, 0.5) is 0 Å². The second-order valence-electron chi connectivity index (χ2n) is 7.39. The number of aliphatic imine (C=N–C) groups is 1. The minimum atomic E-state index is -0.0819. The molecule has 0 spiro atoms. The number of nitrogens with zero attached hydrogens (tertiary/aromatic N) is 2. The maximum absolute atomic E-state index is 13.3. The Morgan fingerprint density at radius 1 is 1.15 bits per heavy atom. The largest absolute Gasteiger partial charge is 0.493 e. The van der Waals surface area contributed by atoms with Crippen LogP contribution in [0.2, 0.25) is 0 Å². The van der Waals surface area contributed by atoms with E-state index in [0.29, 0.717) is 5.96 Å². The van der Waals surface area contributed by atoms with Crippen LogP contribution in [0.5, 0.6) is 0 Å². The molecule has 1 saturated heterocycles. The smallest absolute Gasteiger partial charge is 0.259 e. The second kappa shape index (κ2) is 6.72. The van der Waals surface area contributed by atoms with E-state index in [1.165, 1.54) is 5.57 Å². The van der Waals surface area contributed by atoms with Gasteiger partial charge < -0.3 is 10.1 Å². The first-order chi connectivity index (χ1) is 13.3. The van der Waals surface area contributed by atoms with Crippen molar-refractivity contribution in [3.63, 3.8) is 0 Å². The van der Waals surface area contributed by atoms with Crippen molar-refractivity contribution in [3.05, 3.63) is 71.6 Å². The molecule has 0 aromatic carbocycles. The highest BCUT2D eigenvalue weighted by molar-refractivity contribution is 6.09. The van der Waals surface area contributed by atoms with Gasteiger partial charge >= 0.3 is 0 Å². The van der Waals surface area contributed by atoms with Gasteiger partial charge in [-0.15, -0.1) is 0 Å². The van der Waals surface area contributed by atoms with Crippen molar-refractivity contribution in [2.45, 2.75) is 43.8 Å². The maximum Gasteiger partial charge on any atom is 0.259 e. The number of rotatable bonds is 2. The predicted molar refractivity (Wildman–Crippen MR) is 105 cm³/mol. The molecule has 0 bridgehead atoms. The molecule has 5 heteroatoms. The molecular formula is C22H23N3O2. The van der Waals surface area contributed by atoms with Crippen LogP contribution in [0, 0.1) is 0 Å². The molecule has 3 unspecified atom stereocenters. The van der Waals surface area contributed by atoms with Gasteiger partial charge in [0.25, 0.3) is 5.91 Å². The minimum absolute atomic E-state index is 0.00123. The molecule has 1 amide bonds. The summed E-state index contributed by atoms with van der Waals surface area (Å²) < 4.78 is 5.64. The molecule has 3 aliphatic carbocycles. The standard InChI is InChI=1S/C22H23N3O2/c26-21-18-8-4-5-9-19(18)24-22(25(21)17-6-2-1-3-7-17)23-16-10-11-20-15(14-16)12-13-27-20/h1-6,8,11,14,16-17,19H,7,9-10,12-13H2,(H,23,24). The lowest BCUT2D eigenvalue weighted by Crippen LogP contribution is -2.56. The van der Waals surface area contributed by atoms with Crippen LogP contribution in [0.15, 0.2) is 76.6 Å². The molecule has 5 aliphatic rings.